The summed E-state index contributed by atoms with van der Waals surface area (Å²) < 4.78 is 5.98. The highest BCUT2D eigenvalue weighted by atomic mass is 16.5. The summed E-state index contributed by atoms with van der Waals surface area (Å²) in [6.45, 7) is 10.8. The normalized spacial score (nSPS) is 23.4. The van der Waals surface area contributed by atoms with Crippen LogP contribution in [0.3, 0.4) is 0 Å². The van der Waals surface area contributed by atoms with Crippen LogP contribution in [0.25, 0.3) is 0 Å². The summed E-state index contributed by atoms with van der Waals surface area (Å²) >= 11 is 0. The topological polar surface area (TPSA) is 56.8 Å². The Morgan fingerprint density at radius 2 is 1.89 bits per heavy atom. The number of nitrogens with zero attached hydrogens (tertiary/aromatic N) is 2. The van der Waals surface area contributed by atoms with E-state index in [-0.39, 0.29) is 6.03 Å². The first-order valence-electron chi connectivity index (χ1n) is 10.9. The zero-order chi connectivity index (χ0) is 19.8. The molecule has 6 heteroatoms. The fraction of sp³-hybridized carbons (Fsp3) is 0.682. The van der Waals surface area contributed by atoms with Gasteiger partial charge in [-0.3, -0.25) is 0 Å². The number of urea groups is 1. The minimum absolute atomic E-state index is 0.167. The van der Waals surface area contributed by atoms with Gasteiger partial charge in [0.15, 0.2) is 0 Å². The van der Waals surface area contributed by atoms with Crippen LogP contribution in [0.1, 0.15) is 39.5 Å². The molecule has 1 aliphatic carbocycles. The number of para-hydroxylation sites is 2. The van der Waals surface area contributed by atoms with Crippen LogP contribution in [0, 0.1) is 5.92 Å². The van der Waals surface area contributed by atoms with Crippen LogP contribution in [-0.2, 0) is 4.74 Å². The number of piperazine rings is 1. The molecular formula is C22H36N4O2. The summed E-state index contributed by atoms with van der Waals surface area (Å²) in [5.41, 5.74) is 1.97. The quantitative estimate of drug-likeness (QED) is 0.702. The summed E-state index contributed by atoms with van der Waals surface area (Å²) in [6.07, 6.45) is 5.32. The Bertz CT molecular complexity index is 616. The largest absolute Gasteiger partial charge is 0.376 e. The SMILES string of the molecule is CCN1CCN(c2ccccc2NC(=O)NCCO[C@H]2CCCC[C@H]2C)CC1. The molecule has 1 saturated carbocycles. The van der Waals surface area contributed by atoms with Crippen molar-refractivity contribution in [3.63, 3.8) is 0 Å². The molecule has 2 fully saturated rings. The molecule has 3 rings (SSSR count). The molecule has 1 aliphatic heterocycles. The molecule has 156 valence electrons. The second-order valence-corrected chi connectivity index (χ2v) is 7.99. The third kappa shape index (κ3) is 5.85. The van der Waals surface area contributed by atoms with Gasteiger partial charge in [0.2, 0.25) is 0 Å². The van der Waals surface area contributed by atoms with Gasteiger partial charge >= 0.3 is 6.03 Å². The van der Waals surface area contributed by atoms with E-state index in [1.54, 1.807) is 0 Å². The molecule has 1 aromatic carbocycles. The lowest BCUT2D eigenvalue weighted by Gasteiger charge is -2.36. The lowest BCUT2D eigenvalue weighted by Crippen LogP contribution is -2.46. The third-order valence-corrected chi connectivity index (χ3v) is 6.06. The molecule has 1 heterocycles. The Morgan fingerprint density at radius 3 is 2.64 bits per heavy atom. The number of nitrogens with one attached hydrogen (secondary N) is 2. The molecule has 1 aromatic rings. The lowest BCUT2D eigenvalue weighted by molar-refractivity contribution is -0.00232. The van der Waals surface area contributed by atoms with Gasteiger partial charge in [0.25, 0.3) is 0 Å². The molecule has 2 amide bonds. The van der Waals surface area contributed by atoms with Gasteiger partial charge in [0, 0.05) is 32.7 Å². The van der Waals surface area contributed by atoms with Gasteiger partial charge in [-0.05, 0) is 37.4 Å². The van der Waals surface area contributed by atoms with Crippen LogP contribution >= 0.6 is 0 Å². The molecular weight excluding hydrogens is 352 g/mol. The maximum absolute atomic E-state index is 12.4. The van der Waals surface area contributed by atoms with E-state index in [4.69, 9.17) is 4.74 Å². The number of hydrogen-bond donors (Lipinski definition) is 2. The Morgan fingerprint density at radius 1 is 1.14 bits per heavy atom. The van der Waals surface area contributed by atoms with Gasteiger partial charge < -0.3 is 25.2 Å². The number of hydrogen-bond acceptors (Lipinski definition) is 4. The molecule has 1 saturated heterocycles. The van der Waals surface area contributed by atoms with Crippen molar-refractivity contribution >= 4 is 17.4 Å². The van der Waals surface area contributed by atoms with Gasteiger partial charge in [0.05, 0.1) is 24.1 Å². The maximum atomic E-state index is 12.4. The van der Waals surface area contributed by atoms with E-state index in [9.17, 15) is 4.79 Å². The summed E-state index contributed by atoms with van der Waals surface area (Å²) in [7, 11) is 0. The van der Waals surface area contributed by atoms with Crippen molar-refractivity contribution in [1.82, 2.24) is 10.2 Å². The first-order chi connectivity index (χ1) is 13.7. The van der Waals surface area contributed by atoms with Crippen LogP contribution in [0.2, 0.25) is 0 Å². The van der Waals surface area contributed by atoms with Crippen LogP contribution in [0.5, 0.6) is 0 Å². The summed E-state index contributed by atoms with van der Waals surface area (Å²) in [5, 5.41) is 5.95. The Kier molecular flexibility index (Phi) is 7.98. The minimum Gasteiger partial charge on any atom is -0.376 e. The number of anilines is 2. The van der Waals surface area contributed by atoms with Crippen molar-refractivity contribution in [1.29, 1.82) is 0 Å². The highest BCUT2D eigenvalue weighted by Crippen LogP contribution is 2.27. The Labute approximate surface area is 169 Å². The molecule has 0 spiro atoms. The maximum Gasteiger partial charge on any atom is 0.319 e. The van der Waals surface area contributed by atoms with Crippen molar-refractivity contribution < 1.29 is 9.53 Å². The van der Waals surface area contributed by atoms with Crippen LogP contribution in [-0.4, -0.2) is 62.9 Å². The second-order valence-electron chi connectivity index (χ2n) is 7.99. The molecule has 28 heavy (non-hydrogen) atoms. The average Bonchev–Trinajstić information content (AvgIpc) is 2.73. The van der Waals surface area contributed by atoms with E-state index in [1.807, 2.05) is 18.2 Å². The molecule has 0 bridgehead atoms. The number of amides is 2. The summed E-state index contributed by atoms with van der Waals surface area (Å²) in [6, 6.07) is 7.89. The smallest absolute Gasteiger partial charge is 0.319 e. The van der Waals surface area contributed by atoms with Crippen molar-refractivity contribution in [2.75, 3.05) is 56.1 Å². The van der Waals surface area contributed by atoms with Gasteiger partial charge in [-0.15, -0.1) is 0 Å². The molecule has 2 aliphatic rings. The lowest BCUT2D eigenvalue weighted by atomic mass is 9.88. The van der Waals surface area contributed by atoms with E-state index in [0.717, 1.165) is 50.5 Å². The number of ether oxygens (including phenoxy) is 1. The van der Waals surface area contributed by atoms with Gasteiger partial charge in [0.1, 0.15) is 0 Å². The summed E-state index contributed by atoms with van der Waals surface area (Å²) in [5.74, 6) is 0.627. The van der Waals surface area contributed by atoms with Crippen LogP contribution in [0.4, 0.5) is 16.2 Å². The molecule has 2 N–H and O–H groups in total. The van der Waals surface area contributed by atoms with Crippen molar-refractivity contribution in [3.05, 3.63) is 24.3 Å². The Hall–Kier alpha value is -1.79. The average molecular weight is 389 g/mol. The van der Waals surface area contributed by atoms with Crippen molar-refractivity contribution in [2.45, 2.75) is 45.6 Å². The minimum atomic E-state index is -0.167. The van der Waals surface area contributed by atoms with E-state index >= 15 is 0 Å². The zero-order valence-electron chi connectivity index (χ0n) is 17.5. The van der Waals surface area contributed by atoms with Crippen molar-refractivity contribution in [2.24, 2.45) is 5.92 Å². The second kappa shape index (κ2) is 10.7. The number of benzene rings is 1. The monoisotopic (exact) mass is 388 g/mol. The van der Waals surface area contributed by atoms with Crippen LogP contribution in [0.15, 0.2) is 24.3 Å². The predicted octanol–water partition coefficient (Wildman–Crippen LogP) is 3.55. The van der Waals surface area contributed by atoms with Crippen LogP contribution < -0.4 is 15.5 Å². The number of carbonyl (C=O) groups is 1. The molecule has 0 unspecified atom stereocenters. The predicted molar refractivity (Wildman–Crippen MR) is 115 cm³/mol. The first-order valence-corrected chi connectivity index (χ1v) is 10.9. The van der Waals surface area contributed by atoms with Gasteiger partial charge in [-0.2, -0.15) is 0 Å². The van der Waals surface area contributed by atoms with E-state index in [1.165, 1.54) is 19.3 Å². The van der Waals surface area contributed by atoms with Gasteiger partial charge in [-0.1, -0.05) is 38.8 Å². The summed E-state index contributed by atoms with van der Waals surface area (Å²) in [4.78, 5) is 17.2. The Balaban J connectivity index is 1.44. The number of carbonyl (C=O) groups excluding carboxylic acids is 1. The standard InChI is InChI=1S/C22H36N4O2/c1-3-25-13-15-26(16-14-25)20-10-6-5-9-19(20)24-22(27)23-12-17-28-21-11-7-4-8-18(21)2/h5-6,9-10,18,21H,3-4,7-8,11-17H2,1-2H3,(H2,23,24,27)/t18-,21+/m1/s1. The molecule has 6 nitrogen and oxygen atoms in total. The van der Waals surface area contributed by atoms with E-state index in [2.05, 4.69) is 40.3 Å². The highest BCUT2D eigenvalue weighted by molar-refractivity contribution is 5.93. The molecule has 2 atom stereocenters. The van der Waals surface area contributed by atoms with Gasteiger partial charge in [-0.25, -0.2) is 4.79 Å². The zero-order valence-corrected chi connectivity index (χ0v) is 17.5. The number of rotatable bonds is 7. The third-order valence-electron chi connectivity index (χ3n) is 6.06. The van der Waals surface area contributed by atoms with E-state index < -0.39 is 0 Å². The molecule has 0 aromatic heterocycles. The molecule has 0 radical (unpaired) electrons. The van der Waals surface area contributed by atoms with E-state index in [0.29, 0.717) is 25.2 Å². The fourth-order valence-electron chi connectivity index (χ4n) is 4.23. The van der Waals surface area contributed by atoms with Crippen molar-refractivity contribution in [3.8, 4) is 0 Å². The fourth-order valence-corrected chi connectivity index (χ4v) is 4.23. The number of likely N-dealkylation sites (N-methyl/N-ethyl adjacent to an activating group) is 1. The highest BCUT2D eigenvalue weighted by Gasteiger charge is 2.22. The first kappa shape index (κ1) is 20.9.